The van der Waals surface area contributed by atoms with Crippen molar-refractivity contribution in [2.24, 2.45) is 0 Å². The monoisotopic (exact) mass is 526 g/mol. The van der Waals surface area contributed by atoms with Crippen molar-refractivity contribution in [3.63, 3.8) is 0 Å². The molecule has 0 radical (unpaired) electrons. The van der Waals surface area contributed by atoms with E-state index in [0.717, 1.165) is 0 Å². The zero-order valence-electron chi connectivity index (χ0n) is 19.3. The number of hydrogen-bond donors (Lipinski definition) is 2. The number of ether oxygens (including phenoxy) is 2. The molecule has 2 aromatic heterocycles. The Labute approximate surface area is 201 Å². The summed E-state index contributed by atoms with van der Waals surface area (Å²) in [6, 6.07) is 0.548. The first-order valence-electron chi connectivity index (χ1n) is 11.0. The van der Waals surface area contributed by atoms with Crippen LogP contribution in [-0.4, -0.2) is 46.3 Å². The number of carbonyl (C=O) groups is 1. The SMILES string of the molecule is CCOC(=O)Nc1cc(C(F)(F)F)c2nc1-c1nnc(o1)C(O)(C(F)(F)F)CCCCCCC2OC. The summed E-state index contributed by atoms with van der Waals surface area (Å²) in [6.45, 7) is 1.34. The Morgan fingerprint density at radius 2 is 1.89 bits per heavy atom. The molecular weight excluding hydrogens is 502 g/mol. The van der Waals surface area contributed by atoms with E-state index < -0.39 is 71.0 Å². The second kappa shape index (κ2) is 10.6. The zero-order valence-corrected chi connectivity index (χ0v) is 19.3. The second-order valence-electron chi connectivity index (χ2n) is 8.11. The van der Waals surface area contributed by atoms with E-state index in [9.17, 15) is 36.2 Å². The molecule has 0 aromatic carbocycles. The molecule has 0 spiro atoms. The summed E-state index contributed by atoms with van der Waals surface area (Å²) >= 11 is 0. The van der Waals surface area contributed by atoms with Crippen LogP contribution in [0.25, 0.3) is 11.6 Å². The summed E-state index contributed by atoms with van der Waals surface area (Å²) < 4.78 is 98.4. The smallest absolute Gasteiger partial charge is 0.426 e. The van der Waals surface area contributed by atoms with Gasteiger partial charge in [-0.2, -0.15) is 26.3 Å². The Balaban J connectivity index is 2.28. The van der Waals surface area contributed by atoms with Crippen LogP contribution in [-0.2, 0) is 21.3 Å². The molecule has 15 heteroatoms. The minimum Gasteiger partial charge on any atom is -0.450 e. The molecule has 0 saturated heterocycles. The molecule has 3 heterocycles. The Bertz CT molecular complexity index is 1070. The maximum Gasteiger partial charge on any atom is 0.426 e. The van der Waals surface area contributed by atoms with E-state index in [-0.39, 0.29) is 25.9 Å². The normalized spacial score (nSPS) is 21.5. The number of aromatic nitrogens is 3. The zero-order chi connectivity index (χ0) is 26.7. The average Bonchev–Trinajstić information content (AvgIpc) is 3.27. The molecule has 0 aliphatic carbocycles. The number of hydrogen-bond acceptors (Lipinski definition) is 8. The third kappa shape index (κ3) is 5.72. The molecule has 1 amide bonds. The summed E-state index contributed by atoms with van der Waals surface area (Å²) in [6.07, 6.45) is -12.2. The second-order valence-corrected chi connectivity index (χ2v) is 8.11. The standard InChI is InChI=1S/C21H24F6N4O5/c1-3-35-18(32)28-12-10-11(20(22,23)24)14-13(34-2)8-6-4-5-7-9-19(33,21(25,26)27)17-31-30-16(36-17)15(12)29-14/h10,13,33H,3-9H2,1-2H3,(H,28,32). The molecule has 2 aromatic rings. The van der Waals surface area contributed by atoms with Gasteiger partial charge in [-0.1, -0.05) is 19.3 Å². The summed E-state index contributed by atoms with van der Waals surface area (Å²) in [7, 11) is 1.20. The van der Waals surface area contributed by atoms with Crippen LogP contribution in [0.4, 0.5) is 36.8 Å². The number of fused-ring (bicyclic) bond motifs is 5. The molecule has 4 bridgehead atoms. The first kappa shape index (κ1) is 27.6. The molecule has 2 atom stereocenters. The third-order valence-electron chi connectivity index (χ3n) is 5.66. The van der Waals surface area contributed by atoms with Crippen molar-refractivity contribution in [1.82, 2.24) is 15.2 Å². The number of carbonyl (C=O) groups excluding carboxylic acids is 1. The molecule has 200 valence electrons. The number of methoxy groups -OCH3 is 1. The number of rotatable bonds is 3. The van der Waals surface area contributed by atoms with Gasteiger partial charge in [0.25, 0.3) is 11.8 Å². The largest absolute Gasteiger partial charge is 0.450 e. The fraction of sp³-hybridized carbons (Fsp3) is 0.619. The number of nitrogens with one attached hydrogen (secondary N) is 1. The van der Waals surface area contributed by atoms with Crippen LogP contribution in [0, 0.1) is 0 Å². The molecule has 2 N–H and O–H groups in total. The highest BCUT2D eigenvalue weighted by Gasteiger charge is 2.58. The van der Waals surface area contributed by atoms with Gasteiger partial charge in [-0.3, -0.25) is 5.32 Å². The Hall–Kier alpha value is -2.94. The molecule has 1 aliphatic rings. The fourth-order valence-electron chi connectivity index (χ4n) is 3.82. The van der Waals surface area contributed by atoms with Crippen LogP contribution in [0.15, 0.2) is 10.5 Å². The van der Waals surface area contributed by atoms with Gasteiger partial charge in [-0.05, 0) is 32.3 Å². The maximum atomic E-state index is 14.0. The number of pyridine rings is 1. The van der Waals surface area contributed by atoms with Crippen molar-refractivity contribution in [1.29, 1.82) is 0 Å². The lowest BCUT2D eigenvalue weighted by molar-refractivity contribution is -0.277. The highest BCUT2D eigenvalue weighted by molar-refractivity contribution is 5.89. The van der Waals surface area contributed by atoms with Crippen LogP contribution in [0.5, 0.6) is 0 Å². The average molecular weight is 526 g/mol. The number of halogens is 6. The van der Waals surface area contributed by atoms with E-state index in [1.807, 2.05) is 0 Å². The Morgan fingerprint density at radius 3 is 2.50 bits per heavy atom. The van der Waals surface area contributed by atoms with E-state index in [2.05, 4.69) is 20.5 Å². The summed E-state index contributed by atoms with van der Waals surface area (Å²) in [5, 5.41) is 19.4. The highest BCUT2D eigenvalue weighted by atomic mass is 19.4. The van der Waals surface area contributed by atoms with Gasteiger partial charge in [0.05, 0.1) is 29.7 Å². The van der Waals surface area contributed by atoms with Crippen LogP contribution >= 0.6 is 0 Å². The van der Waals surface area contributed by atoms with Crippen molar-refractivity contribution in [3.8, 4) is 11.6 Å². The molecule has 3 rings (SSSR count). The Morgan fingerprint density at radius 1 is 1.19 bits per heavy atom. The van der Waals surface area contributed by atoms with Gasteiger partial charge < -0.3 is 19.0 Å². The topological polar surface area (TPSA) is 120 Å². The lowest BCUT2D eigenvalue weighted by atomic mass is 9.94. The molecule has 1 aliphatic heterocycles. The van der Waals surface area contributed by atoms with E-state index in [0.29, 0.717) is 18.9 Å². The van der Waals surface area contributed by atoms with E-state index in [1.165, 1.54) is 14.0 Å². The van der Waals surface area contributed by atoms with Crippen LogP contribution in [0.2, 0.25) is 0 Å². The number of aliphatic hydroxyl groups is 1. The molecule has 9 nitrogen and oxygen atoms in total. The Kier molecular flexibility index (Phi) is 8.13. The molecular formula is C21H24F6N4O5. The fourth-order valence-corrected chi connectivity index (χ4v) is 3.82. The van der Waals surface area contributed by atoms with Crippen molar-refractivity contribution in [2.75, 3.05) is 19.0 Å². The van der Waals surface area contributed by atoms with Gasteiger partial charge in [0, 0.05) is 7.11 Å². The van der Waals surface area contributed by atoms with E-state index in [4.69, 9.17) is 13.9 Å². The van der Waals surface area contributed by atoms with Crippen molar-refractivity contribution in [3.05, 3.63) is 23.2 Å². The van der Waals surface area contributed by atoms with Gasteiger partial charge in [0.2, 0.25) is 5.60 Å². The van der Waals surface area contributed by atoms with Gasteiger partial charge in [-0.25, -0.2) is 9.78 Å². The number of amides is 1. The lowest BCUT2D eigenvalue weighted by Gasteiger charge is -2.27. The summed E-state index contributed by atoms with van der Waals surface area (Å²) in [4.78, 5) is 16.0. The maximum absolute atomic E-state index is 14.0. The van der Waals surface area contributed by atoms with Crippen LogP contribution < -0.4 is 5.32 Å². The van der Waals surface area contributed by atoms with Crippen molar-refractivity contribution >= 4 is 11.8 Å². The van der Waals surface area contributed by atoms with Gasteiger partial charge in [0.1, 0.15) is 0 Å². The predicted molar refractivity (Wildman–Crippen MR) is 111 cm³/mol. The van der Waals surface area contributed by atoms with E-state index >= 15 is 0 Å². The third-order valence-corrected chi connectivity index (χ3v) is 5.66. The molecule has 0 saturated carbocycles. The van der Waals surface area contributed by atoms with Crippen LogP contribution in [0.1, 0.15) is 68.7 Å². The van der Waals surface area contributed by atoms with Gasteiger partial charge in [0.15, 0.2) is 5.69 Å². The minimum absolute atomic E-state index is 0.0710. The predicted octanol–water partition coefficient (Wildman–Crippen LogP) is 5.51. The number of alkyl halides is 6. The summed E-state index contributed by atoms with van der Waals surface area (Å²) in [5.74, 6) is -1.95. The highest BCUT2D eigenvalue weighted by Crippen LogP contribution is 2.45. The quantitative estimate of drug-likeness (QED) is 0.503. The molecule has 36 heavy (non-hydrogen) atoms. The minimum atomic E-state index is -5.18. The van der Waals surface area contributed by atoms with Gasteiger partial charge in [-0.15, -0.1) is 10.2 Å². The molecule has 0 fully saturated rings. The first-order chi connectivity index (χ1) is 16.8. The lowest BCUT2D eigenvalue weighted by Crippen LogP contribution is -2.42. The van der Waals surface area contributed by atoms with Crippen molar-refractivity contribution < 1.29 is 50.1 Å². The van der Waals surface area contributed by atoms with Gasteiger partial charge >= 0.3 is 18.4 Å². The first-order valence-corrected chi connectivity index (χ1v) is 11.0. The van der Waals surface area contributed by atoms with Crippen molar-refractivity contribution in [2.45, 2.75) is 69.5 Å². The summed E-state index contributed by atoms with van der Waals surface area (Å²) in [5.41, 5.74) is -6.44. The van der Waals surface area contributed by atoms with Crippen LogP contribution in [0.3, 0.4) is 0 Å². The molecule has 2 unspecified atom stereocenters. The number of nitrogens with zero attached hydrogens (tertiary/aromatic N) is 3. The van der Waals surface area contributed by atoms with E-state index in [1.54, 1.807) is 0 Å². The number of anilines is 1.